The maximum atomic E-state index is 4.91. The predicted octanol–water partition coefficient (Wildman–Crippen LogP) is 6.21. The smallest absolute Gasteiger partial charge is 0.0711 e. The number of aliphatic imine (C=N–C) groups is 2. The Morgan fingerprint density at radius 2 is 1.50 bits per heavy atom. The summed E-state index contributed by atoms with van der Waals surface area (Å²) in [5.41, 5.74) is 4.00. The number of allylic oxidation sites excluding steroid dienone is 7. The normalized spacial score (nSPS) is 22.5. The highest BCUT2D eigenvalue weighted by Crippen LogP contribution is 2.32. The molecule has 0 aliphatic heterocycles. The molecule has 2 atom stereocenters. The first-order valence-electron chi connectivity index (χ1n) is 9.04. The molecule has 2 nitrogen and oxygen atoms in total. The first-order valence-corrected chi connectivity index (χ1v) is 9.04. The standard InChI is InChI=1S/C24H22N2/c1-17(25-23-15-7-11-19-9-3-5-13-21(19)23)18(2)26-24-16-8-12-20-10-4-6-14-22(20)24/h3-16,19,21H,1-2H3. The van der Waals surface area contributed by atoms with Crippen molar-refractivity contribution >= 4 is 27.9 Å². The van der Waals surface area contributed by atoms with Crippen LogP contribution in [0.25, 0.3) is 10.8 Å². The number of nitrogens with zero attached hydrogens (tertiary/aromatic N) is 2. The van der Waals surface area contributed by atoms with Gasteiger partial charge in [0.25, 0.3) is 0 Å². The van der Waals surface area contributed by atoms with Crippen molar-refractivity contribution in [1.82, 2.24) is 0 Å². The van der Waals surface area contributed by atoms with Gasteiger partial charge in [0.05, 0.1) is 17.1 Å². The lowest BCUT2D eigenvalue weighted by atomic mass is 9.83. The molecular formula is C24H22N2. The summed E-state index contributed by atoms with van der Waals surface area (Å²) in [7, 11) is 0. The van der Waals surface area contributed by atoms with Crippen LogP contribution in [0.3, 0.4) is 0 Å². The molecule has 4 rings (SSSR count). The van der Waals surface area contributed by atoms with E-state index in [2.05, 4.69) is 85.0 Å². The van der Waals surface area contributed by atoms with Gasteiger partial charge in [-0.3, -0.25) is 9.98 Å². The number of fused-ring (bicyclic) bond motifs is 2. The summed E-state index contributed by atoms with van der Waals surface area (Å²) in [6.45, 7) is 4.08. The van der Waals surface area contributed by atoms with E-state index in [1.807, 2.05) is 13.8 Å². The van der Waals surface area contributed by atoms with Crippen molar-refractivity contribution in [3.8, 4) is 0 Å². The summed E-state index contributed by atoms with van der Waals surface area (Å²) in [4.78, 5) is 9.77. The van der Waals surface area contributed by atoms with E-state index in [4.69, 9.17) is 9.98 Å². The Hall–Kier alpha value is -3.00. The molecule has 0 fully saturated rings. The Kier molecular flexibility index (Phi) is 4.49. The minimum absolute atomic E-state index is 0.324. The maximum Gasteiger partial charge on any atom is 0.0711 e. The van der Waals surface area contributed by atoms with Gasteiger partial charge in [0.2, 0.25) is 0 Å². The zero-order chi connectivity index (χ0) is 17.9. The number of hydrogen-bond donors (Lipinski definition) is 0. The summed E-state index contributed by atoms with van der Waals surface area (Å²) in [6.07, 6.45) is 15.1. The van der Waals surface area contributed by atoms with Crippen molar-refractivity contribution < 1.29 is 0 Å². The average Bonchev–Trinajstić information content (AvgIpc) is 2.68. The second kappa shape index (κ2) is 7.09. The van der Waals surface area contributed by atoms with Crippen LogP contribution in [0, 0.1) is 11.8 Å². The molecule has 0 N–H and O–H groups in total. The second-order valence-electron chi connectivity index (χ2n) is 6.74. The fourth-order valence-corrected chi connectivity index (χ4v) is 3.45. The molecule has 0 amide bonds. The van der Waals surface area contributed by atoms with Crippen molar-refractivity contribution in [3.63, 3.8) is 0 Å². The van der Waals surface area contributed by atoms with E-state index in [9.17, 15) is 0 Å². The van der Waals surface area contributed by atoms with Crippen molar-refractivity contribution in [2.75, 3.05) is 0 Å². The number of rotatable bonds is 3. The lowest BCUT2D eigenvalue weighted by Crippen LogP contribution is -2.16. The first-order chi connectivity index (χ1) is 12.7. The number of hydrogen-bond acceptors (Lipinski definition) is 2. The molecule has 0 saturated carbocycles. The zero-order valence-corrected chi connectivity index (χ0v) is 15.1. The van der Waals surface area contributed by atoms with Gasteiger partial charge in [-0.1, -0.05) is 72.9 Å². The Bertz CT molecular complexity index is 1010. The summed E-state index contributed by atoms with van der Waals surface area (Å²) in [6, 6.07) is 14.6. The van der Waals surface area contributed by atoms with E-state index in [0.29, 0.717) is 11.8 Å². The third-order valence-electron chi connectivity index (χ3n) is 4.99. The summed E-state index contributed by atoms with van der Waals surface area (Å²) in [5, 5.41) is 2.38. The average molecular weight is 338 g/mol. The zero-order valence-electron chi connectivity index (χ0n) is 15.1. The Morgan fingerprint density at radius 1 is 0.769 bits per heavy atom. The van der Waals surface area contributed by atoms with Crippen molar-refractivity contribution in [2.45, 2.75) is 13.8 Å². The van der Waals surface area contributed by atoms with Gasteiger partial charge < -0.3 is 0 Å². The van der Waals surface area contributed by atoms with Crippen LogP contribution in [-0.4, -0.2) is 11.4 Å². The molecular weight excluding hydrogens is 316 g/mol. The fourth-order valence-electron chi connectivity index (χ4n) is 3.45. The summed E-state index contributed by atoms with van der Waals surface area (Å²) < 4.78 is 0. The van der Waals surface area contributed by atoms with Gasteiger partial charge in [-0.05, 0) is 31.4 Å². The minimum Gasteiger partial charge on any atom is -0.256 e. The fraction of sp³-hybridized carbons (Fsp3) is 0.167. The highest BCUT2D eigenvalue weighted by atomic mass is 14.8. The first kappa shape index (κ1) is 16.5. The highest BCUT2D eigenvalue weighted by Gasteiger charge is 2.22. The van der Waals surface area contributed by atoms with Gasteiger partial charge in [0, 0.05) is 22.9 Å². The largest absolute Gasteiger partial charge is 0.256 e. The molecule has 2 aliphatic rings. The van der Waals surface area contributed by atoms with Gasteiger partial charge in [0.1, 0.15) is 0 Å². The van der Waals surface area contributed by atoms with E-state index in [-0.39, 0.29) is 0 Å². The Morgan fingerprint density at radius 3 is 2.42 bits per heavy atom. The molecule has 2 aromatic carbocycles. The van der Waals surface area contributed by atoms with Crippen molar-refractivity contribution in [1.29, 1.82) is 0 Å². The molecule has 0 heterocycles. The molecule has 2 heteroatoms. The van der Waals surface area contributed by atoms with Crippen LogP contribution in [0.1, 0.15) is 13.8 Å². The molecule has 128 valence electrons. The molecule has 0 radical (unpaired) electrons. The van der Waals surface area contributed by atoms with Crippen LogP contribution in [-0.2, 0) is 0 Å². The van der Waals surface area contributed by atoms with Crippen LogP contribution in [0.4, 0.5) is 5.69 Å². The molecule has 0 aromatic heterocycles. The van der Waals surface area contributed by atoms with Gasteiger partial charge in [-0.25, -0.2) is 0 Å². The van der Waals surface area contributed by atoms with E-state index >= 15 is 0 Å². The molecule has 0 saturated heterocycles. The summed E-state index contributed by atoms with van der Waals surface area (Å²) >= 11 is 0. The Labute approximate surface area is 154 Å². The highest BCUT2D eigenvalue weighted by molar-refractivity contribution is 6.41. The monoisotopic (exact) mass is 338 g/mol. The summed E-state index contributed by atoms with van der Waals surface area (Å²) in [5.74, 6) is 0.733. The van der Waals surface area contributed by atoms with Crippen LogP contribution < -0.4 is 0 Å². The minimum atomic E-state index is 0.324. The molecule has 2 aliphatic carbocycles. The third-order valence-corrected chi connectivity index (χ3v) is 4.99. The Balaban J connectivity index is 1.66. The lowest BCUT2D eigenvalue weighted by Gasteiger charge is -2.24. The van der Waals surface area contributed by atoms with Crippen LogP contribution in [0.2, 0.25) is 0 Å². The maximum absolute atomic E-state index is 4.91. The van der Waals surface area contributed by atoms with Crippen LogP contribution >= 0.6 is 0 Å². The third kappa shape index (κ3) is 3.23. The second-order valence-corrected chi connectivity index (χ2v) is 6.74. The van der Waals surface area contributed by atoms with E-state index < -0.39 is 0 Å². The quantitative estimate of drug-likeness (QED) is 0.595. The molecule has 26 heavy (non-hydrogen) atoms. The van der Waals surface area contributed by atoms with Crippen molar-refractivity contribution in [3.05, 3.63) is 90.7 Å². The van der Waals surface area contributed by atoms with E-state index in [0.717, 1.165) is 22.8 Å². The SMILES string of the molecule is CC(=NC1=CC=CC2C=CC=CC12)C(C)=Nc1cccc2ccccc12. The predicted molar refractivity (Wildman–Crippen MR) is 112 cm³/mol. The molecule has 0 spiro atoms. The van der Waals surface area contributed by atoms with Gasteiger partial charge in [0.15, 0.2) is 0 Å². The van der Waals surface area contributed by atoms with Crippen molar-refractivity contribution in [2.24, 2.45) is 21.8 Å². The lowest BCUT2D eigenvalue weighted by molar-refractivity contribution is 0.618. The van der Waals surface area contributed by atoms with E-state index in [1.54, 1.807) is 0 Å². The molecule has 0 bridgehead atoms. The van der Waals surface area contributed by atoms with Gasteiger partial charge >= 0.3 is 0 Å². The van der Waals surface area contributed by atoms with Gasteiger partial charge in [-0.2, -0.15) is 0 Å². The van der Waals surface area contributed by atoms with E-state index in [1.165, 1.54) is 10.8 Å². The number of benzene rings is 2. The molecule has 2 unspecified atom stereocenters. The van der Waals surface area contributed by atoms with Crippen LogP contribution in [0.5, 0.6) is 0 Å². The van der Waals surface area contributed by atoms with Gasteiger partial charge in [-0.15, -0.1) is 0 Å². The van der Waals surface area contributed by atoms with Crippen LogP contribution in [0.15, 0.2) is 101 Å². The topological polar surface area (TPSA) is 24.7 Å². The molecule has 2 aromatic rings.